The lowest BCUT2D eigenvalue weighted by Crippen LogP contribution is -2.01. The summed E-state index contributed by atoms with van der Waals surface area (Å²) in [5.41, 5.74) is 0. The molecule has 0 radical (unpaired) electrons. The maximum atomic E-state index is 9.22. The van der Waals surface area contributed by atoms with Gasteiger partial charge in [-0.3, -0.25) is 4.18 Å². The highest BCUT2D eigenvalue weighted by Gasteiger charge is 1.79. The number of ether oxygens (including phenoxy) is 1. The zero-order valence-electron chi connectivity index (χ0n) is 8.18. The molecule has 7 heteroatoms. The van der Waals surface area contributed by atoms with Crippen molar-refractivity contribution in [1.82, 2.24) is 0 Å². The third-order valence-electron chi connectivity index (χ3n) is 0.656. The average Bonchev–Trinajstić information content (AvgIpc) is 2.01. The molecule has 0 saturated carbocycles. The maximum Gasteiger partial charge on any atom is 0.323 e. The van der Waals surface area contributed by atoms with E-state index in [0.717, 1.165) is 13.7 Å². The molecule has 0 bridgehead atoms. The fourth-order valence-electron chi connectivity index (χ4n) is 0.224. The molecule has 0 heterocycles. The molecule has 0 spiro atoms. The fourth-order valence-corrected chi connectivity index (χ4v) is 0.224. The van der Waals surface area contributed by atoms with E-state index in [-0.39, 0.29) is 0 Å². The van der Waals surface area contributed by atoms with E-state index in [1.165, 1.54) is 0 Å². The van der Waals surface area contributed by atoms with Crippen LogP contribution in [-0.2, 0) is 19.3 Å². The van der Waals surface area contributed by atoms with Crippen LogP contribution in [0, 0.1) is 0 Å². The second-order valence-electron chi connectivity index (χ2n) is 2.10. The van der Waals surface area contributed by atoms with E-state index in [1.807, 2.05) is 25.6 Å². The summed E-state index contributed by atoms with van der Waals surface area (Å²) < 4.78 is 37.8. The van der Waals surface area contributed by atoms with Gasteiger partial charge in [0.1, 0.15) is 14.1 Å². The zero-order chi connectivity index (χ0) is 10.9. The Morgan fingerprint density at radius 2 is 1.85 bits per heavy atom. The number of rotatable bonds is 3. The molecular weight excluding hydrogens is 198 g/mol. The highest BCUT2D eigenvalue weighted by Crippen LogP contribution is 1.74. The van der Waals surface area contributed by atoms with Gasteiger partial charge < -0.3 is 9.29 Å². The highest BCUT2D eigenvalue weighted by molar-refractivity contribution is 7.80. The van der Waals surface area contributed by atoms with E-state index in [2.05, 4.69) is 4.18 Å². The summed E-state index contributed by atoms with van der Waals surface area (Å²) in [5, 5.41) is 0. The van der Waals surface area contributed by atoms with Crippen molar-refractivity contribution in [2.24, 2.45) is 0 Å². The van der Waals surface area contributed by atoms with E-state index in [9.17, 15) is 13.0 Å². The number of nitrogens with zero attached hydrogens (tertiary/aromatic N) is 1. The molecule has 0 N–H and O–H groups in total. The Bertz CT molecular complexity index is 229. The highest BCUT2D eigenvalue weighted by atomic mass is 32.3. The first kappa shape index (κ1) is 14.8. The van der Waals surface area contributed by atoms with Crippen molar-refractivity contribution < 1.29 is 26.5 Å². The molecule has 0 rings (SSSR count). The van der Waals surface area contributed by atoms with Gasteiger partial charge in [-0.15, -0.1) is 0 Å². The normalized spacial score (nSPS) is 9.62. The number of hydrogen-bond acceptors (Lipinski definition) is 5. The molecule has 0 aliphatic heterocycles. The maximum absolute atomic E-state index is 9.22. The van der Waals surface area contributed by atoms with Gasteiger partial charge in [-0.1, -0.05) is 0 Å². The van der Waals surface area contributed by atoms with Crippen molar-refractivity contribution in [3.05, 3.63) is 0 Å². The van der Waals surface area contributed by atoms with Crippen molar-refractivity contribution in [2.45, 2.75) is 6.92 Å². The van der Waals surface area contributed by atoms with E-state index in [0.29, 0.717) is 0 Å². The largest absolute Gasteiger partial charge is 0.726 e. The Morgan fingerprint density at radius 1 is 1.46 bits per heavy atom. The first-order valence-electron chi connectivity index (χ1n) is 3.46. The molecule has 0 aromatic heterocycles. The Hall–Kier alpha value is -0.660. The van der Waals surface area contributed by atoms with Crippen LogP contribution in [0.4, 0.5) is 0 Å². The summed E-state index contributed by atoms with van der Waals surface area (Å²) in [6.45, 7) is 2.71. The second kappa shape index (κ2) is 7.96. The van der Waals surface area contributed by atoms with Crippen molar-refractivity contribution in [1.29, 1.82) is 0 Å². The molecule has 0 unspecified atom stereocenters. The van der Waals surface area contributed by atoms with Gasteiger partial charge in [0.15, 0.2) is 0 Å². The second-order valence-corrected chi connectivity index (χ2v) is 3.25. The lowest BCUT2D eigenvalue weighted by atomic mass is 10.9. The molecule has 0 aromatic rings. The summed E-state index contributed by atoms with van der Waals surface area (Å²) in [5.74, 6) is 0. The predicted molar refractivity (Wildman–Crippen MR) is 46.5 cm³/mol. The molecule has 0 aliphatic carbocycles. The van der Waals surface area contributed by atoms with Crippen molar-refractivity contribution >= 4 is 16.8 Å². The van der Waals surface area contributed by atoms with Gasteiger partial charge in [0, 0.05) is 0 Å². The minimum atomic E-state index is -4.41. The molecule has 0 fully saturated rings. The van der Waals surface area contributed by atoms with Gasteiger partial charge in [0.2, 0.25) is 10.4 Å². The topological polar surface area (TPSA) is 78.7 Å². The van der Waals surface area contributed by atoms with Crippen molar-refractivity contribution in [2.75, 3.05) is 27.8 Å². The standard InChI is InChI=1S/C5H12NO.CH4O4S/c1-4-7-5-6(2)3;1-5-6(2,3)4/h5H,4H2,1-3H3;1H3,(H,2,3,4)/q+1;/p-1. The summed E-state index contributed by atoms with van der Waals surface area (Å²) in [6.07, 6.45) is 1.68. The van der Waals surface area contributed by atoms with Crippen LogP contribution in [0.15, 0.2) is 0 Å². The van der Waals surface area contributed by atoms with Gasteiger partial charge in [-0.05, 0) is 6.92 Å². The molecule has 0 amide bonds. The van der Waals surface area contributed by atoms with E-state index < -0.39 is 10.4 Å². The first-order chi connectivity index (χ1) is 5.83. The number of hydrogen-bond donors (Lipinski definition) is 0. The first-order valence-corrected chi connectivity index (χ1v) is 4.79. The van der Waals surface area contributed by atoms with Crippen LogP contribution in [0.1, 0.15) is 6.92 Å². The molecule has 0 aromatic carbocycles. The van der Waals surface area contributed by atoms with Crippen LogP contribution in [0.3, 0.4) is 0 Å². The summed E-state index contributed by atoms with van der Waals surface area (Å²) >= 11 is 0. The van der Waals surface area contributed by atoms with Gasteiger partial charge in [-0.2, -0.15) is 0 Å². The zero-order valence-corrected chi connectivity index (χ0v) is 9.00. The lowest BCUT2D eigenvalue weighted by molar-refractivity contribution is -0.468. The molecular formula is C6H15NO5S. The Morgan fingerprint density at radius 3 is 1.92 bits per heavy atom. The van der Waals surface area contributed by atoms with Crippen molar-refractivity contribution in [3.8, 4) is 0 Å². The van der Waals surface area contributed by atoms with Gasteiger partial charge in [0.25, 0.3) is 0 Å². The molecule has 13 heavy (non-hydrogen) atoms. The summed E-state index contributed by atoms with van der Waals surface area (Å²) in [7, 11) is 0.248. The van der Waals surface area contributed by atoms with Crippen LogP contribution >= 0.6 is 0 Å². The molecule has 0 saturated heterocycles. The third-order valence-corrected chi connectivity index (χ3v) is 1.06. The quantitative estimate of drug-likeness (QED) is 0.206. The van der Waals surface area contributed by atoms with Crippen LogP contribution < -0.4 is 0 Å². The van der Waals surface area contributed by atoms with E-state index in [4.69, 9.17) is 4.74 Å². The van der Waals surface area contributed by atoms with Crippen LogP contribution in [-0.4, -0.2) is 51.8 Å². The smallest absolute Gasteiger partial charge is 0.323 e. The lowest BCUT2D eigenvalue weighted by Gasteiger charge is -1.98. The fraction of sp³-hybridized carbons (Fsp3) is 0.833. The SMILES string of the molecule is CCOC=[N+](C)C.COS(=O)(=O)[O-]. The Labute approximate surface area is 78.7 Å². The van der Waals surface area contributed by atoms with Crippen molar-refractivity contribution in [3.63, 3.8) is 0 Å². The monoisotopic (exact) mass is 213 g/mol. The van der Waals surface area contributed by atoms with Gasteiger partial charge in [-0.25, -0.2) is 13.0 Å². The molecule has 0 atom stereocenters. The minimum absolute atomic E-state index is 0.748. The minimum Gasteiger partial charge on any atom is -0.726 e. The average molecular weight is 213 g/mol. The summed E-state index contributed by atoms with van der Waals surface area (Å²) in [6, 6.07) is 0. The molecule has 0 aliphatic rings. The van der Waals surface area contributed by atoms with Crippen LogP contribution in [0.25, 0.3) is 0 Å². The Balaban J connectivity index is 0. The van der Waals surface area contributed by atoms with E-state index in [1.54, 1.807) is 6.40 Å². The Kier molecular flexibility index (Phi) is 9.09. The predicted octanol–water partition coefficient (Wildman–Crippen LogP) is -0.584. The van der Waals surface area contributed by atoms with Crippen LogP contribution in [0.5, 0.6) is 0 Å². The molecule has 80 valence electrons. The van der Waals surface area contributed by atoms with Crippen LogP contribution in [0.2, 0.25) is 0 Å². The van der Waals surface area contributed by atoms with Gasteiger partial charge >= 0.3 is 6.40 Å². The van der Waals surface area contributed by atoms with E-state index >= 15 is 0 Å². The third kappa shape index (κ3) is 24.6. The summed E-state index contributed by atoms with van der Waals surface area (Å²) in [4.78, 5) is 0. The van der Waals surface area contributed by atoms with Gasteiger partial charge in [0.05, 0.1) is 13.7 Å². The molecule has 6 nitrogen and oxygen atoms in total.